The number of anilines is 1. The molecule has 2 aromatic rings. The molecular weight excluding hydrogens is 336 g/mol. The third kappa shape index (κ3) is 2.55. The van der Waals surface area contributed by atoms with Crippen molar-refractivity contribution in [2.45, 2.75) is 24.9 Å². The van der Waals surface area contributed by atoms with Crippen LogP contribution in [0.4, 0.5) is 5.69 Å². The normalized spacial score (nSPS) is 22.9. The second-order valence-corrected chi connectivity index (χ2v) is 7.50. The molecule has 0 saturated carbocycles. The molecule has 1 saturated heterocycles. The van der Waals surface area contributed by atoms with E-state index in [0.717, 1.165) is 17.0 Å². The lowest BCUT2D eigenvalue weighted by molar-refractivity contribution is -0.118. The summed E-state index contributed by atoms with van der Waals surface area (Å²) in [4.78, 5) is 14.5. The first-order valence-electron chi connectivity index (χ1n) is 9.17. The van der Waals surface area contributed by atoms with Crippen LogP contribution in [0.2, 0.25) is 0 Å². The molecule has 1 amide bonds. The molecule has 1 fully saturated rings. The minimum Gasteiger partial charge on any atom is -0.496 e. The molecule has 138 valence electrons. The van der Waals surface area contributed by atoms with Crippen molar-refractivity contribution in [1.29, 1.82) is 0 Å². The average Bonchev–Trinajstić information content (AvgIpc) is 3.10. The van der Waals surface area contributed by atoms with Gasteiger partial charge >= 0.3 is 0 Å². The lowest BCUT2D eigenvalue weighted by atomic mass is 9.75. The van der Waals surface area contributed by atoms with Crippen molar-refractivity contribution in [1.82, 2.24) is 5.32 Å². The van der Waals surface area contributed by atoms with Gasteiger partial charge in [0.25, 0.3) is 0 Å². The van der Waals surface area contributed by atoms with Gasteiger partial charge in [-0.25, -0.2) is 0 Å². The average molecular weight is 360 g/mol. The number of carbonyl (C=O) groups excluding carboxylic acids is 1. The van der Waals surface area contributed by atoms with Gasteiger partial charge in [-0.2, -0.15) is 0 Å². The lowest BCUT2D eigenvalue weighted by Crippen LogP contribution is -2.58. The molecule has 4 rings (SSSR count). The third-order valence-electron chi connectivity index (χ3n) is 5.74. The zero-order chi connectivity index (χ0) is 19.1. The van der Waals surface area contributed by atoms with E-state index < -0.39 is 5.66 Å². The lowest BCUT2D eigenvalue weighted by Gasteiger charge is -2.40. The molecule has 2 heterocycles. The van der Waals surface area contributed by atoms with Crippen LogP contribution in [0.3, 0.4) is 0 Å². The van der Waals surface area contributed by atoms with Crippen LogP contribution >= 0.6 is 0 Å². The Kier molecular flexibility index (Phi) is 4.06. The molecule has 0 aliphatic carbocycles. The number of hydrogen-bond donors (Lipinski definition) is 1. The Balaban J connectivity index is 1.68. The molecule has 1 atom stereocenters. The summed E-state index contributed by atoms with van der Waals surface area (Å²) in [5.41, 5.74) is 2.59. The minimum atomic E-state index is -0.557. The Morgan fingerprint density at radius 1 is 1.07 bits per heavy atom. The van der Waals surface area contributed by atoms with Crippen LogP contribution in [-0.2, 0) is 10.2 Å². The first-order valence-corrected chi connectivity index (χ1v) is 9.17. The van der Waals surface area contributed by atoms with E-state index in [9.17, 15) is 4.79 Å². The maximum Gasteiger partial charge on any atom is 0.241 e. The summed E-state index contributed by atoms with van der Waals surface area (Å²) >= 11 is 0. The number of rotatable bonds is 4. The van der Waals surface area contributed by atoms with Crippen molar-refractivity contribution in [3.8, 4) is 5.75 Å². The Morgan fingerprint density at radius 2 is 1.81 bits per heavy atom. The maximum atomic E-state index is 12.3. The number of fused-ring (bicyclic) bond motifs is 3. The highest BCUT2D eigenvalue weighted by atomic mass is 16.5. The SMILES string of the molecule is COc1ccccc1/C=C/C=C/C12NC(=O)CN1c1ccccc1C2(C)C. The van der Waals surface area contributed by atoms with Gasteiger partial charge in [-0.05, 0) is 23.8 Å². The predicted octanol–water partition coefficient (Wildman–Crippen LogP) is 3.89. The number of nitrogens with one attached hydrogen (secondary N) is 1. The Labute approximate surface area is 160 Å². The van der Waals surface area contributed by atoms with Crippen LogP contribution in [0.5, 0.6) is 5.75 Å². The van der Waals surface area contributed by atoms with Gasteiger partial charge in [-0.15, -0.1) is 0 Å². The van der Waals surface area contributed by atoms with E-state index in [1.165, 1.54) is 5.56 Å². The maximum absolute atomic E-state index is 12.3. The van der Waals surface area contributed by atoms with Crippen molar-refractivity contribution in [2.24, 2.45) is 0 Å². The van der Waals surface area contributed by atoms with Gasteiger partial charge in [0.2, 0.25) is 5.91 Å². The molecule has 1 N–H and O–H groups in total. The largest absolute Gasteiger partial charge is 0.496 e. The van der Waals surface area contributed by atoms with E-state index in [1.807, 2.05) is 48.6 Å². The highest BCUT2D eigenvalue weighted by Gasteiger charge is 2.59. The summed E-state index contributed by atoms with van der Waals surface area (Å²) in [6, 6.07) is 16.2. The summed E-state index contributed by atoms with van der Waals surface area (Å²) in [6.45, 7) is 4.75. The van der Waals surface area contributed by atoms with Gasteiger partial charge < -0.3 is 15.0 Å². The molecule has 0 bridgehead atoms. The van der Waals surface area contributed by atoms with E-state index in [1.54, 1.807) is 7.11 Å². The quantitative estimate of drug-likeness (QED) is 0.841. The minimum absolute atomic E-state index is 0.0518. The zero-order valence-electron chi connectivity index (χ0n) is 15.9. The van der Waals surface area contributed by atoms with E-state index >= 15 is 0 Å². The van der Waals surface area contributed by atoms with Crippen LogP contribution < -0.4 is 15.0 Å². The number of hydrogen-bond acceptors (Lipinski definition) is 3. The molecule has 2 aliphatic heterocycles. The number of benzene rings is 2. The monoisotopic (exact) mass is 360 g/mol. The third-order valence-corrected chi connectivity index (χ3v) is 5.74. The predicted molar refractivity (Wildman–Crippen MR) is 109 cm³/mol. The van der Waals surface area contributed by atoms with Gasteiger partial charge in [0.15, 0.2) is 0 Å². The fraction of sp³-hybridized carbons (Fsp3) is 0.261. The van der Waals surface area contributed by atoms with Gasteiger partial charge in [0.1, 0.15) is 11.4 Å². The smallest absolute Gasteiger partial charge is 0.241 e. The van der Waals surface area contributed by atoms with E-state index in [4.69, 9.17) is 4.74 Å². The van der Waals surface area contributed by atoms with Crippen molar-refractivity contribution >= 4 is 17.7 Å². The number of ether oxygens (including phenoxy) is 1. The van der Waals surface area contributed by atoms with E-state index in [-0.39, 0.29) is 11.3 Å². The summed E-state index contributed by atoms with van der Waals surface area (Å²) in [5.74, 6) is 0.889. The van der Waals surface area contributed by atoms with Crippen molar-refractivity contribution in [3.05, 3.63) is 77.9 Å². The number of allylic oxidation sites excluding steroid dienone is 2. The van der Waals surface area contributed by atoms with Crippen LogP contribution in [0.15, 0.2) is 66.8 Å². The highest BCUT2D eigenvalue weighted by molar-refractivity contribution is 5.91. The van der Waals surface area contributed by atoms with Gasteiger partial charge in [-0.1, -0.05) is 68.5 Å². The molecule has 0 spiro atoms. The van der Waals surface area contributed by atoms with Crippen LogP contribution in [0, 0.1) is 0 Å². The molecule has 0 aromatic heterocycles. The molecular formula is C23H24N2O2. The summed E-state index contributed by atoms with van der Waals surface area (Å²) in [6.07, 6.45) is 8.12. The van der Waals surface area contributed by atoms with Gasteiger partial charge in [-0.3, -0.25) is 4.79 Å². The number of amides is 1. The number of carbonyl (C=O) groups is 1. The Hall–Kier alpha value is -3.01. The second-order valence-electron chi connectivity index (χ2n) is 7.50. The highest BCUT2D eigenvalue weighted by Crippen LogP contribution is 2.52. The number of para-hydroxylation sites is 2. The zero-order valence-corrected chi connectivity index (χ0v) is 15.9. The molecule has 0 radical (unpaired) electrons. The molecule has 4 nitrogen and oxygen atoms in total. The summed E-state index contributed by atoms with van der Waals surface area (Å²) < 4.78 is 5.39. The van der Waals surface area contributed by atoms with E-state index in [0.29, 0.717) is 6.54 Å². The molecule has 2 aliphatic rings. The molecule has 1 unspecified atom stereocenters. The van der Waals surface area contributed by atoms with E-state index in [2.05, 4.69) is 48.3 Å². The van der Waals surface area contributed by atoms with Gasteiger partial charge in [0, 0.05) is 16.7 Å². The standard InChI is InChI=1S/C23H24N2O2/c1-22(2)18-12-5-6-13-19(18)25-16-21(26)24-23(22,25)15-9-8-11-17-10-4-7-14-20(17)27-3/h4-15H,16H2,1-3H3,(H,24,26)/b11-8+,15-9+. The first-order chi connectivity index (χ1) is 13.0. The first kappa shape index (κ1) is 17.4. The number of methoxy groups -OCH3 is 1. The molecule has 4 heteroatoms. The fourth-order valence-electron chi connectivity index (χ4n) is 4.30. The van der Waals surface area contributed by atoms with Crippen LogP contribution in [0.1, 0.15) is 25.0 Å². The number of nitrogens with zero attached hydrogens (tertiary/aromatic N) is 1. The summed E-state index contributed by atoms with van der Waals surface area (Å²) in [5, 5.41) is 3.23. The van der Waals surface area contributed by atoms with Gasteiger partial charge in [0.05, 0.1) is 13.7 Å². The summed E-state index contributed by atoms with van der Waals surface area (Å²) in [7, 11) is 1.67. The van der Waals surface area contributed by atoms with Crippen LogP contribution in [0.25, 0.3) is 6.08 Å². The molecule has 27 heavy (non-hydrogen) atoms. The van der Waals surface area contributed by atoms with Crippen molar-refractivity contribution in [2.75, 3.05) is 18.6 Å². The van der Waals surface area contributed by atoms with Crippen molar-refractivity contribution in [3.63, 3.8) is 0 Å². The second kappa shape index (κ2) is 6.31. The van der Waals surface area contributed by atoms with Crippen molar-refractivity contribution < 1.29 is 9.53 Å². The fourth-order valence-corrected chi connectivity index (χ4v) is 4.30. The topological polar surface area (TPSA) is 41.6 Å². The molecule has 2 aromatic carbocycles. The van der Waals surface area contributed by atoms with Crippen LogP contribution in [-0.4, -0.2) is 25.2 Å². The Bertz CT molecular complexity index is 945. The Morgan fingerprint density at radius 3 is 2.63 bits per heavy atom.